The third kappa shape index (κ3) is 3.01. The molecule has 0 bridgehead atoms. The summed E-state index contributed by atoms with van der Waals surface area (Å²) in [7, 11) is 0. The molecule has 1 aromatic rings. The van der Waals surface area contributed by atoms with Crippen LogP contribution in [0.15, 0.2) is 18.2 Å². The number of ether oxygens (including phenoxy) is 2. The third-order valence-electron chi connectivity index (χ3n) is 2.56. The molecule has 1 aliphatic heterocycles. The molecule has 1 amide bonds. The molecule has 0 saturated carbocycles. The first-order valence-corrected chi connectivity index (χ1v) is 5.37. The average Bonchev–Trinajstić information content (AvgIpc) is 2.17. The van der Waals surface area contributed by atoms with Crippen LogP contribution >= 0.6 is 0 Å². The number of nitrogens with one attached hydrogen (secondary N) is 1. The van der Waals surface area contributed by atoms with Crippen molar-refractivity contribution in [2.45, 2.75) is 12.5 Å². The smallest absolute Gasteiger partial charge is 0.409 e. The van der Waals surface area contributed by atoms with Crippen molar-refractivity contribution in [3.63, 3.8) is 0 Å². The Morgan fingerprint density at radius 3 is 2.88 bits per heavy atom. The maximum atomic E-state index is 10.6. The highest BCUT2D eigenvalue weighted by Gasteiger charge is 2.17. The lowest BCUT2D eigenvalue weighted by Gasteiger charge is -2.27. The summed E-state index contributed by atoms with van der Waals surface area (Å²) >= 11 is 0. The SMILES string of the molecule is NC(=O)Oc1ccc(NC[C@@H]2CCO2)c(N)c1. The van der Waals surface area contributed by atoms with Crippen LogP contribution in [-0.4, -0.2) is 25.3 Å². The van der Waals surface area contributed by atoms with E-state index in [1.165, 1.54) is 0 Å². The Morgan fingerprint density at radius 1 is 1.59 bits per heavy atom. The Bertz CT molecular complexity index is 418. The summed E-state index contributed by atoms with van der Waals surface area (Å²) in [5.74, 6) is 0.334. The van der Waals surface area contributed by atoms with E-state index in [1.54, 1.807) is 18.2 Å². The molecule has 6 heteroatoms. The zero-order valence-electron chi connectivity index (χ0n) is 9.31. The molecule has 1 fully saturated rings. The van der Waals surface area contributed by atoms with Gasteiger partial charge in [-0.3, -0.25) is 0 Å². The van der Waals surface area contributed by atoms with E-state index in [1.807, 2.05) is 0 Å². The number of hydrogen-bond donors (Lipinski definition) is 3. The van der Waals surface area contributed by atoms with Crippen LogP contribution in [0.5, 0.6) is 5.75 Å². The summed E-state index contributed by atoms with van der Waals surface area (Å²) in [5.41, 5.74) is 12.0. The van der Waals surface area contributed by atoms with Gasteiger partial charge >= 0.3 is 6.09 Å². The molecular formula is C11H15N3O3. The quantitative estimate of drug-likeness (QED) is 0.676. The molecule has 1 saturated heterocycles. The fourth-order valence-corrected chi connectivity index (χ4v) is 1.55. The van der Waals surface area contributed by atoms with E-state index >= 15 is 0 Å². The van der Waals surface area contributed by atoms with Crippen molar-refractivity contribution in [2.75, 3.05) is 24.2 Å². The molecule has 0 aromatic heterocycles. The Balaban J connectivity index is 1.95. The van der Waals surface area contributed by atoms with Crippen molar-refractivity contribution < 1.29 is 14.3 Å². The Morgan fingerprint density at radius 2 is 2.35 bits per heavy atom. The van der Waals surface area contributed by atoms with Gasteiger partial charge in [0.2, 0.25) is 0 Å². The highest BCUT2D eigenvalue weighted by molar-refractivity contribution is 5.72. The van der Waals surface area contributed by atoms with Gasteiger partial charge in [0.1, 0.15) is 5.75 Å². The number of carbonyl (C=O) groups excluding carboxylic acids is 1. The van der Waals surface area contributed by atoms with Crippen molar-refractivity contribution in [3.8, 4) is 5.75 Å². The first-order valence-electron chi connectivity index (χ1n) is 5.37. The lowest BCUT2D eigenvalue weighted by molar-refractivity contribution is -0.0410. The number of hydrogen-bond acceptors (Lipinski definition) is 5. The van der Waals surface area contributed by atoms with Crippen LogP contribution in [0.25, 0.3) is 0 Å². The second-order valence-electron chi connectivity index (χ2n) is 3.83. The van der Waals surface area contributed by atoms with E-state index in [2.05, 4.69) is 5.32 Å². The molecule has 6 nitrogen and oxygen atoms in total. The number of nitrogens with two attached hydrogens (primary N) is 2. The number of amides is 1. The molecule has 0 unspecified atom stereocenters. The van der Waals surface area contributed by atoms with E-state index in [0.717, 1.165) is 25.3 Å². The van der Waals surface area contributed by atoms with Crippen LogP contribution in [0.3, 0.4) is 0 Å². The number of benzene rings is 1. The number of rotatable bonds is 4. The van der Waals surface area contributed by atoms with Gasteiger partial charge < -0.3 is 26.3 Å². The largest absolute Gasteiger partial charge is 0.410 e. The van der Waals surface area contributed by atoms with Crippen molar-refractivity contribution in [1.29, 1.82) is 0 Å². The van der Waals surface area contributed by atoms with Gasteiger partial charge in [0.25, 0.3) is 0 Å². The predicted octanol–water partition coefficient (Wildman–Crippen LogP) is 0.927. The van der Waals surface area contributed by atoms with Gasteiger partial charge in [0.15, 0.2) is 0 Å². The van der Waals surface area contributed by atoms with Gasteiger partial charge in [-0.15, -0.1) is 0 Å². The van der Waals surface area contributed by atoms with Crippen LogP contribution in [0.4, 0.5) is 16.2 Å². The minimum Gasteiger partial charge on any atom is -0.410 e. The first kappa shape index (κ1) is 11.5. The molecule has 1 heterocycles. The predicted molar refractivity (Wildman–Crippen MR) is 63.9 cm³/mol. The van der Waals surface area contributed by atoms with Crippen molar-refractivity contribution >= 4 is 17.5 Å². The van der Waals surface area contributed by atoms with Crippen LogP contribution < -0.4 is 21.5 Å². The molecule has 0 aliphatic carbocycles. The monoisotopic (exact) mass is 237 g/mol. The number of primary amides is 1. The number of anilines is 2. The molecule has 0 spiro atoms. The minimum absolute atomic E-state index is 0.260. The lowest BCUT2D eigenvalue weighted by atomic mass is 10.2. The van der Waals surface area contributed by atoms with Crippen molar-refractivity contribution in [2.24, 2.45) is 5.73 Å². The minimum atomic E-state index is -0.854. The third-order valence-corrected chi connectivity index (χ3v) is 2.56. The zero-order chi connectivity index (χ0) is 12.3. The first-order chi connectivity index (χ1) is 8.15. The summed E-state index contributed by atoms with van der Waals surface area (Å²) < 4.78 is 9.99. The molecule has 1 aromatic carbocycles. The molecule has 17 heavy (non-hydrogen) atoms. The van der Waals surface area contributed by atoms with E-state index < -0.39 is 6.09 Å². The van der Waals surface area contributed by atoms with Crippen LogP contribution in [0, 0.1) is 0 Å². The fourth-order valence-electron chi connectivity index (χ4n) is 1.55. The topological polar surface area (TPSA) is 99.6 Å². The van der Waals surface area contributed by atoms with E-state index in [-0.39, 0.29) is 6.10 Å². The van der Waals surface area contributed by atoms with Gasteiger partial charge in [0.05, 0.1) is 17.5 Å². The van der Waals surface area contributed by atoms with Gasteiger partial charge in [-0.25, -0.2) is 4.79 Å². The maximum absolute atomic E-state index is 10.6. The maximum Gasteiger partial charge on any atom is 0.409 e. The molecule has 1 aliphatic rings. The van der Waals surface area contributed by atoms with E-state index in [4.69, 9.17) is 20.9 Å². The van der Waals surface area contributed by atoms with Crippen LogP contribution in [-0.2, 0) is 4.74 Å². The highest BCUT2D eigenvalue weighted by Crippen LogP contribution is 2.25. The summed E-state index contributed by atoms with van der Waals surface area (Å²) in [6, 6.07) is 4.92. The summed E-state index contributed by atoms with van der Waals surface area (Å²) in [5, 5.41) is 3.17. The molecular weight excluding hydrogens is 222 g/mol. The fraction of sp³-hybridized carbons (Fsp3) is 0.364. The molecule has 2 rings (SSSR count). The van der Waals surface area contributed by atoms with Crippen molar-refractivity contribution in [3.05, 3.63) is 18.2 Å². The summed E-state index contributed by atoms with van der Waals surface area (Å²) in [6.07, 6.45) is 0.472. The zero-order valence-corrected chi connectivity index (χ0v) is 9.31. The van der Waals surface area contributed by atoms with Gasteiger partial charge in [-0.1, -0.05) is 0 Å². The number of carbonyl (C=O) groups is 1. The standard InChI is InChI=1S/C11H15N3O3/c12-9-5-7(17-11(13)15)1-2-10(9)14-6-8-3-4-16-8/h1-2,5,8,14H,3-4,6,12H2,(H2,13,15)/t8-/m0/s1. The van der Waals surface area contributed by atoms with Crippen LogP contribution in [0.1, 0.15) is 6.42 Å². The second kappa shape index (κ2) is 4.92. The van der Waals surface area contributed by atoms with E-state index in [0.29, 0.717) is 11.4 Å². The molecule has 1 atom stereocenters. The van der Waals surface area contributed by atoms with Gasteiger partial charge in [-0.05, 0) is 18.6 Å². The van der Waals surface area contributed by atoms with E-state index in [9.17, 15) is 4.79 Å². The summed E-state index contributed by atoms with van der Waals surface area (Å²) in [4.78, 5) is 10.6. The molecule has 5 N–H and O–H groups in total. The Hall–Kier alpha value is -1.95. The Labute approximate surface area is 98.9 Å². The normalized spacial score (nSPS) is 18.2. The lowest BCUT2D eigenvalue weighted by Crippen LogP contribution is -2.33. The average molecular weight is 237 g/mol. The molecule has 0 radical (unpaired) electrons. The second-order valence-corrected chi connectivity index (χ2v) is 3.83. The summed E-state index contributed by atoms with van der Waals surface area (Å²) in [6.45, 7) is 1.55. The van der Waals surface area contributed by atoms with Gasteiger partial charge in [0, 0.05) is 19.2 Å². The van der Waals surface area contributed by atoms with Crippen molar-refractivity contribution in [1.82, 2.24) is 0 Å². The Kier molecular flexibility index (Phi) is 3.34. The number of nitrogen functional groups attached to an aromatic ring is 1. The van der Waals surface area contributed by atoms with Crippen LogP contribution in [0.2, 0.25) is 0 Å². The highest BCUT2D eigenvalue weighted by atomic mass is 16.5. The van der Waals surface area contributed by atoms with Gasteiger partial charge in [-0.2, -0.15) is 0 Å². The molecule has 92 valence electrons.